The molecule has 2 aromatic rings. The van der Waals surface area contributed by atoms with Crippen molar-refractivity contribution in [1.82, 2.24) is 10.2 Å². The number of nitrogens with one attached hydrogen (secondary N) is 1. The van der Waals surface area contributed by atoms with Crippen LogP contribution in [0.5, 0.6) is 11.5 Å². The number of hydrogen-bond donors (Lipinski definition) is 2. The molecule has 0 unspecified atom stereocenters. The molecule has 0 spiro atoms. The summed E-state index contributed by atoms with van der Waals surface area (Å²) in [4.78, 5) is 27.2. The number of anilines is 1. The van der Waals surface area contributed by atoms with Crippen molar-refractivity contribution in [2.75, 3.05) is 33.0 Å². The molecule has 8 heteroatoms. The van der Waals surface area contributed by atoms with E-state index in [2.05, 4.69) is 5.32 Å². The molecule has 1 aliphatic rings. The van der Waals surface area contributed by atoms with Gasteiger partial charge in [-0.2, -0.15) is 0 Å². The summed E-state index contributed by atoms with van der Waals surface area (Å²) >= 11 is 0. The topological polar surface area (TPSA) is 93.9 Å². The molecule has 162 valence electrons. The molecule has 3 rings (SSSR count). The van der Waals surface area contributed by atoms with E-state index >= 15 is 0 Å². The number of rotatable bonds is 5. The number of nitrogens with two attached hydrogens (primary N) is 1. The number of carbonyl (C=O) groups excluding carboxylic acids is 2. The van der Waals surface area contributed by atoms with Crippen LogP contribution in [-0.4, -0.2) is 50.1 Å². The van der Waals surface area contributed by atoms with Gasteiger partial charge in [-0.15, -0.1) is 12.4 Å². The van der Waals surface area contributed by atoms with Crippen LogP contribution in [-0.2, 0) is 0 Å². The van der Waals surface area contributed by atoms with E-state index in [-0.39, 0.29) is 30.3 Å². The largest absolute Gasteiger partial charge is 0.493 e. The maximum Gasteiger partial charge on any atom is 0.253 e. The molecule has 1 aliphatic heterocycles. The van der Waals surface area contributed by atoms with Crippen LogP contribution in [0.2, 0.25) is 0 Å². The molecule has 0 aliphatic carbocycles. The summed E-state index contributed by atoms with van der Waals surface area (Å²) in [6, 6.07) is 10.5. The van der Waals surface area contributed by atoms with Gasteiger partial charge in [-0.3, -0.25) is 9.59 Å². The number of halogens is 1. The predicted molar refractivity (Wildman–Crippen MR) is 119 cm³/mol. The molecule has 0 radical (unpaired) electrons. The molecule has 1 fully saturated rings. The van der Waals surface area contributed by atoms with Gasteiger partial charge in [-0.05, 0) is 55.7 Å². The molecule has 0 saturated carbocycles. The zero-order valence-electron chi connectivity index (χ0n) is 17.4. The Kier molecular flexibility index (Phi) is 7.94. The van der Waals surface area contributed by atoms with E-state index in [1.807, 2.05) is 13.0 Å². The lowest BCUT2D eigenvalue weighted by molar-refractivity contribution is 0.0697. The minimum absolute atomic E-state index is 0. The lowest BCUT2D eigenvalue weighted by atomic mass is 10.0. The second kappa shape index (κ2) is 10.2. The molecule has 1 heterocycles. The van der Waals surface area contributed by atoms with E-state index in [9.17, 15) is 9.59 Å². The number of nitrogen functional groups attached to an aromatic ring is 1. The number of hydrogen-bond acceptors (Lipinski definition) is 5. The van der Waals surface area contributed by atoms with Gasteiger partial charge in [-0.1, -0.05) is 6.07 Å². The van der Waals surface area contributed by atoms with E-state index in [0.717, 1.165) is 5.56 Å². The Morgan fingerprint density at radius 2 is 1.70 bits per heavy atom. The Balaban J connectivity index is 0.00000320. The van der Waals surface area contributed by atoms with Crippen molar-refractivity contribution in [2.24, 2.45) is 0 Å². The Hall–Kier alpha value is -2.93. The third kappa shape index (κ3) is 5.16. The monoisotopic (exact) mass is 433 g/mol. The highest BCUT2D eigenvalue weighted by Crippen LogP contribution is 2.28. The molecular weight excluding hydrogens is 406 g/mol. The summed E-state index contributed by atoms with van der Waals surface area (Å²) in [5, 5.41) is 3.07. The smallest absolute Gasteiger partial charge is 0.253 e. The average Bonchev–Trinajstić information content (AvgIpc) is 2.74. The first-order valence-electron chi connectivity index (χ1n) is 9.61. The van der Waals surface area contributed by atoms with Gasteiger partial charge in [0.15, 0.2) is 11.5 Å². The number of piperidine rings is 1. The lowest BCUT2D eigenvalue weighted by Gasteiger charge is -2.32. The molecule has 3 N–H and O–H groups in total. The van der Waals surface area contributed by atoms with Crippen molar-refractivity contribution >= 4 is 29.9 Å². The Morgan fingerprint density at radius 3 is 2.33 bits per heavy atom. The standard InChI is InChI=1S/C22H27N3O4.ClH/c1-14-4-6-16(23)13-18(14)21(26)24-17-8-10-25(11-9-17)22(27)15-5-7-19(28-2)20(12-15)29-3;/h4-7,12-13,17H,8-11,23H2,1-3H3,(H,24,26);1H. The van der Waals surface area contributed by atoms with Gasteiger partial charge in [0.2, 0.25) is 0 Å². The van der Waals surface area contributed by atoms with Crippen LogP contribution in [0.4, 0.5) is 5.69 Å². The van der Waals surface area contributed by atoms with Gasteiger partial charge in [0.05, 0.1) is 14.2 Å². The first-order valence-corrected chi connectivity index (χ1v) is 9.61. The highest BCUT2D eigenvalue weighted by atomic mass is 35.5. The van der Waals surface area contributed by atoms with Gasteiger partial charge in [0.25, 0.3) is 11.8 Å². The van der Waals surface area contributed by atoms with Crippen LogP contribution in [0.3, 0.4) is 0 Å². The fraction of sp³-hybridized carbons (Fsp3) is 0.364. The fourth-order valence-corrected chi connectivity index (χ4v) is 3.53. The number of benzene rings is 2. The van der Waals surface area contributed by atoms with E-state index in [1.54, 1.807) is 49.5 Å². The molecule has 0 bridgehead atoms. The maximum atomic E-state index is 12.8. The molecule has 0 aromatic heterocycles. The molecule has 7 nitrogen and oxygen atoms in total. The Morgan fingerprint density at radius 1 is 1.03 bits per heavy atom. The Labute approximate surface area is 182 Å². The molecule has 1 saturated heterocycles. The van der Waals surface area contributed by atoms with Crippen molar-refractivity contribution in [3.63, 3.8) is 0 Å². The second-order valence-corrected chi connectivity index (χ2v) is 7.18. The van der Waals surface area contributed by atoms with Crippen molar-refractivity contribution in [2.45, 2.75) is 25.8 Å². The third-order valence-electron chi connectivity index (χ3n) is 5.25. The van der Waals surface area contributed by atoms with Crippen molar-refractivity contribution in [1.29, 1.82) is 0 Å². The van der Waals surface area contributed by atoms with Gasteiger partial charge in [0.1, 0.15) is 0 Å². The zero-order chi connectivity index (χ0) is 21.0. The maximum absolute atomic E-state index is 12.8. The fourth-order valence-electron chi connectivity index (χ4n) is 3.53. The molecular formula is C22H28ClN3O4. The summed E-state index contributed by atoms with van der Waals surface area (Å²) in [5.41, 5.74) is 8.40. The Bertz CT molecular complexity index is 911. The van der Waals surface area contributed by atoms with Crippen LogP contribution in [0.15, 0.2) is 36.4 Å². The number of amides is 2. The van der Waals surface area contributed by atoms with Crippen molar-refractivity contribution < 1.29 is 19.1 Å². The summed E-state index contributed by atoms with van der Waals surface area (Å²) < 4.78 is 10.5. The van der Waals surface area contributed by atoms with Crippen LogP contribution < -0.4 is 20.5 Å². The minimum Gasteiger partial charge on any atom is -0.493 e. The van der Waals surface area contributed by atoms with Gasteiger partial charge in [-0.25, -0.2) is 0 Å². The van der Waals surface area contributed by atoms with E-state index < -0.39 is 0 Å². The number of ether oxygens (including phenoxy) is 2. The zero-order valence-corrected chi connectivity index (χ0v) is 18.3. The molecule has 2 aromatic carbocycles. The molecule has 2 amide bonds. The lowest BCUT2D eigenvalue weighted by Crippen LogP contribution is -2.46. The summed E-state index contributed by atoms with van der Waals surface area (Å²) in [6.07, 6.45) is 1.40. The first-order chi connectivity index (χ1) is 13.9. The third-order valence-corrected chi connectivity index (χ3v) is 5.25. The number of nitrogens with zero attached hydrogens (tertiary/aromatic N) is 1. The minimum atomic E-state index is -0.125. The highest BCUT2D eigenvalue weighted by molar-refractivity contribution is 5.97. The van der Waals surface area contributed by atoms with Gasteiger partial charge >= 0.3 is 0 Å². The van der Waals surface area contributed by atoms with Crippen molar-refractivity contribution in [3.8, 4) is 11.5 Å². The highest BCUT2D eigenvalue weighted by Gasteiger charge is 2.26. The van der Waals surface area contributed by atoms with Crippen LogP contribution in [0, 0.1) is 6.92 Å². The predicted octanol–water partition coefficient (Wildman–Crippen LogP) is 3.05. The number of likely N-dealkylation sites (tertiary alicyclic amines) is 1. The van der Waals surface area contributed by atoms with E-state index in [0.29, 0.717) is 54.2 Å². The van der Waals surface area contributed by atoms with Gasteiger partial charge in [0, 0.05) is 35.9 Å². The average molecular weight is 434 g/mol. The summed E-state index contributed by atoms with van der Waals surface area (Å²) in [5.74, 6) is 0.933. The van der Waals surface area contributed by atoms with Crippen LogP contribution in [0.25, 0.3) is 0 Å². The van der Waals surface area contributed by atoms with Crippen LogP contribution in [0.1, 0.15) is 39.1 Å². The molecule has 30 heavy (non-hydrogen) atoms. The summed E-state index contributed by atoms with van der Waals surface area (Å²) in [7, 11) is 3.10. The van der Waals surface area contributed by atoms with Crippen LogP contribution >= 0.6 is 12.4 Å². The van der Waals surface area contributed by atoms with E-state index in [4.69, 9.17) is 15.2 Å². The summed E-state index contributed by atoms with van der Waals surface area (Å²) in [6.45, 7) is 3.04. The quantitative estimate of drug-likeness (QED) is 0.707. The van der Waals surface area contributed by atoms with Gasteiger partial charge < -0.3 is 25.4 Å². The second-order valence-electron chi connectivity index (χ2n) is 7.18. The van der Waals surface area contributed by atoms with Crippen molar-refractivity contribution in [3.05, 3.63) is 53.1 Å². The SMILES string of the molecule is COc1ccc(C(=O)N2CCC(NC(=O)c3cc(N)ccc3C)CC2)cc1OC.Cl. The number of methoxy groups -OCH3 is 2. The number of aryl methyl sites for hydroxylation is 1. The number of carbonyl (C=O) groups is 2. The van der Waals surface area contributed by atoms with E-state index in [1.165, 1.54) is 0 Å². The molecule has 0 atom stereocenters. The first kappa shape index (κ1) is 23.3. The normalized spacial score (nSPS) is 13.9.